The lowest BCUT2D eigenvalue weighted by molar-refractivity contribution is -0.186. The summed E-state index contributed by atoms with van der Waals surface area (Å²) < 4.78 is 21.1. The number of hydrogen-bond acceptors (Lipinski definition) is 6. The van der Waals surface area contributed by atoms with Gasteiger partial charge in [0.1, 0.15) is 17.6 Å². The van der Waals surface area contributed by atoms with E-state index < -0.39 is 11.8 Å². The predicted molar refractivity (Wildman–Crippen MR) is 93.8 cm³/mol. The van der Waals surface area contributed by atoms with Crippen molar-refractivity contribution in [1.82, 2.24) is 0 Å². The molecule has 6 nitrogen and oxygen atoms in total. The molecule has 1 N–H and O–H groups in total. The van der Waals surface area contributed by atoms with Crippen molar-refractivity contribution in [3.63, 3.8) is 0 Å². The van der Waals surface area contributed by atoms with Crippen molar-refractivity contribution in [2.24, 2.45) is 5.92 Å². The third-order valence-corrected chi connectivity index (χ3v) is 5.00. The van der Waals surface area contributed by atoms with E-state index in [0.29, 0.717) is 35.0 Å². The van der Waals surface area contributed by atoms with Crippen LogP contribution >= 0.6 is 0 Å². The molecular weight excluding hydrogens is 336 g/mol. The highest BCUT2D eigenvalue weighted by molar-refractivity contribution is 5.97. The van der Waals surface area contributed by atoms with Gasteiger partial charge in [-0.05, 0) is 36.6 Å². The number of hydrogen-bond donors (Lipinski definition) is 1. The Morgan fingerprint density at radius 3 is 2.46 bits per heavy atom. The SMILES string of the molecule is CCC(CC)CC1=C(C2=COCO2)C(=O)OC1(O)c1ccc(OC)cc1. The summed E-state index contributed by atoms with van der Waals surface area (Å²) in [5.41, 5.74) is 1.24. The van der Waals surface area contributed by atoms with Crippen molar-refractivity contribution in [3.8, 4) is 5.75 Å². The minimum atomic E-state index is -1.83. The number of rotatable bonds is 7. The molecule has 0 saturated carbocycles. The lowest BCUT2D eigenvalue weighted by Crippen LogP contribution is -2.29. The molecule has 2 aliphatic rings. The molecule has 2 heterocycles. The fourth-order valence-electron chi connectivity index (χ4n) is 3.32. The minimum Gasteiger partial charge on any atom is -0.497 e. The quantitative estimate of drug-likeness (QED) is 0.752. The van der Waals surface area contributed by atoms with Crippen LogP contribution in [0.1, 0.15) is 38.7 Å². The molecule has 26 heavy (non-hydrogen) atoms. The van der Waals surface area contributed by atoms with Crippen LogP contribution in [-0.2, 0) is 24.8 Å². The minimum absolute atomic E-state index is 0.0470. The van der Waals surface area contributed by atoms with Gasteiger partial charge in [-0.3, -0.25) is 0 Å². The van der Waals surface area contributed by atoms with E-state index in [-0.39, 0.29) is 12.4 Å². The van der Waals surface area contributed by atoms with E-state index in [9.17, 15) is 9.90 Å². The van der Waals surface area contributed by atoms with Crippen LogP contribution in [0.15, 0.2) is 47.4 Å². The average molecular weight is 360 g/mol. The van der Waals surface area contributed by atoms with Crippen LogP contribution in [-0.4, -0.2) is 25.0 Å². The highest BCUT2D eigenvalue weighted by Gasteiger charge is 2.50. The molecule has 140 valence electrons. The van der Waals surface area contributed by atoms with E-state index in [1.807, 2.05) is 0 Å². The average Bonchev–Trinajstić information content (AvgIpc) is 3.26. The van der Waals surface area contributed by atoms with Gasteiger partial charge in [0.25, 0.3) is 5.79 Å². The van der Waals surface area contributed by atoms with Gasteiger partial charge in [0.05, 0.1) is 7.11 Å². The fourth-order valence-corrected chi connectivity index (χ4v) is 3.32. The van der Waals surface area contributed by atoms with Gasteiger partial charge in [-0.1, -0.05) is 26.7 Å². The van der Waals surface area contributed by atoms with Crippen molar-refractivity contribution in [2.75, 3.05) is 13.9 Å². The standard InChI is InChI=1S/C20H24O6/c1-4-13(5-2)10-16-18(17-11-24-12-25-17)19(21)26-20(16,22)14-6-8-15(23-3)9-7-14/h6-9,11,13,22H,4-5,10,12H2,1-3H3. The zero-order valence-electron chi connectivity index (χ0n) is 15.3. The number of esters is 1. The van der Waals surface area contributed by atoms with Crippen molar-refractivity contribution in [2.45, 2.75) is 38.9 Å². The predicted octanol–water partition coefficient (Wildman–Crippen LogP) is 3.37. The van der Waals surface area contributed by atoms with Crippen LogP contribution in [0, 0.1) is 5.92 Å². The second kappa shape index (κ2) is 7.41. The number of methoxy groups -OCH3 is 1. The molecule has 3 rings (SSSR count). The molecule has 1 aromatic rings. The summed E-state index contributed by atoms with van der Waals surface area (Å²) in [5, 5.41) is 11.4. The molecule has 0 spiro atoms. The van der Waals surface area contributed by atoms with Gasteiger partial charge in [-0.25, -0.2) is 4.79 Å². The zero-order valence-corrected chi connectivity index (χ0v) is 15.3. The monoisotopic (exact) mass is 360 g/mol. The lowest BCUT2D eigenvalue weighted by Gasteiger charge is -2.27. The number of carbonyl (C=O) groups excluding carboxylic acids is 1. The Morgan fingerprint density at radius 1 is 1.23 bits per heavy atom. The highest BCUT2D eigenvalue weighted by Crippen LogP contribution is 2.46. The zero-order chi connectivity index (χ0) is 18.7. The molecule has 0 fully saturated rings. The first-order valence-electron chi connectivity index (χ1n) is 8.82. The molecule has 0 radical (unpaired) electrons. The van der Waals surface area contributed by atoms with Crippen LogP contribution in [0.4, 0.5) is 0 Å². The third-order valence-electron chi connectivity index (χ3n) is 5.00. The van der Waals surface area contributed by atoms with Crippen molar-refractivity contribution in [1.29, 1.82) is 0 Å². The third kappa shape index (κ3) is 3.17. The van der Waals surface area contributed by atoms with E-state index in [0.717, 1.165) is 12.8 Å². The maximum atomic E-state index is 12.6. The molecule has 6 heteroatoms. The van der Waals surface area contributed by atoms with Gasteiger partial charge >= 0.3 is 5.97 Å². The lowest BCUT2D eigenvalue weighted by atomic mass is 9.85. The van der Waals surface area contributed by atoms with E-state index in [2.05, 4.69) is 13.8 Å². The summed E-state index contributed by atoms with van der Waals surface area (Å²) in [6.45, 7) is 4.23. The summed E-state index contributed by atoms with van der Waals surface area (Å²) in [6.07, 6.45) is 3.77. The summed E-state index contributed by atoms with van der Waals surface area (Å²) in [5.74, 6) is -1.17. The first kappa shape index (κ1) is 18.3. The number of benzene rings is 1. The van der Waals surface area contributed by atoms with Crippen molar-refractivity contribution in [3.05, 3.63) is 53.0 Å². The van der Waals surface area contributed by atoms with Crippen molar-refractivity contribution >= 4 is 5.97 Å². The van der Waals surface area contributed by atoms with E-state index in [1.54, 1.807) is 31.4 Å². The second-order valence-electron chi connectivity index (χ2n) is 6.41. The number of aliphatic hydroxyl groups is 1. The molecule has 0 saturated heterocycles. The smallest absolute Gasteiger partial charge is 0.345 e. The van der Waals surface area contributed by atoms with Crippen LogP contribution < -0.4 is 4.74 Å². The molecule has 0 amide bonds. The van der Waals surface area contributed by atoms with Gasteiger partial charge in [0.15, 0.2) is 5.76 Å². The number of cyclic esters (lactones) is 1. The molecule has 1 aromatic carbocycles. The van der Waals surface area contributed by atoms with Gasteiger partial charge in [-0.2, -0.15) is 0 Å². The Hall–Kier alpha value is -2.47. The molecule has 0 aliphatic carbocycles. The normalized spacial score (nSPS) is 22.2. The summed E-state index contributed by atoms with van der Waals surface area (Å²) in [7, 11) is 1.57. The van der Waals surface area contributed by atoms with E-state index in [4.69, 9.17) is 18.9 Å². The first-order chi connectivity index (χ1) is 12.5. The molecule has 2 aliphatic heterocycles. The number of carbonyl (C=O) groups is 1. The summed E-state index contributed by atoms with van der Waals surface area (Å²) >= 11 is 0. The van der Waals surface area contributed by atoms with Crippen LogP contribution in [0.5, 0.6) is 5.75 Å². The maximum Gasteiger partial charge on any atom is 0.345 e. The number of ether oxygens (including phenoxy) is 4. The highest BCUT2D eigenvalue weighted by atomic mass is 16.7. The van der Waals surface area contributed by atoms with Gasteiger partial charge in [0.2, 0.25) is 6.79 Å². The molecule has 0 bridgehead atoms. The molecular formula is C20H24O6. The van der Waals surface area contributed by atoms with E-state index >= 15 is 0 Å². The maximum absolute atomic E-state index is 12.6. The summed E-state index contributed by atoms with van der Waals surface area (Å²) in [4.78, 5) is 12.6. The van der Waals surface area contributed by atoms with Gasteiger partial charge in [-0.15, -0.1) is 0 Å². The summed E-state index contributed by atoms with van der Waals surface area (Å²) in [6, 6.07) is 6.84. The first-order valence-corrected chi connectivity index (χ1v) is 8.82. The van der Waals surface area contributed by atoms with Crippen LogP contribution in [0.25, 0.3) is 0 Å². The topological polar surface area (TPSA) is 74.2 Å². The molecule has 1 unspecified atom stereocenters. The largest absolute Gasteiger partial charge is 0.497 e. The Kier molecular flexibility index (Phi) is 5.23. The Morgan fingerprint density at radius 2 is 1.92 bits per heavy atom. The van der Waals surface area contributed by atoms with Crippen LogP contribution in [0.2, 0.25) is 0 Å². The van der Waals surface area contributed by atoms with Gasteiger partial charge in [0, 0.05) is 11.1 Å². The van der Waals surface area contributed by atoms with Crippen LogP contribution in [0.3, 0.4) is 0 Å². The van der Waals surface area contributed by atoms with Crippen molar-refractivity contribution < 1.29 is 28.8 Å². The Balaban J connectivity index is 2.08. The molecule has 1 atom stereocenters. The fraction of sp³-hybridized carbons (Fsp3) is 0.450. The second-order valence-corrected chi connectivity index (χ2v) is 6.41. The Labute approximate surface area is 153 Å². The van der Waals surface area contributed by atoms with Gasteiger partial charge < -0.3 is 24.1 Å². The Bertz CT molecular complexity index is 729. The van der Waals surface area contributed by atoms with E-state index in [1.165, 1.54) is 6.26 Å². The molecule has 0 aromatic heterocycles.